The second-order valence-corrected chi connectivity index (χ2v) is 7.41. The third-order valence-corrected chi connectivity index (χ3v) is 5.08. The summed E-state index contributed by atoms with van der Waals surface area (Å²) in [5, 5.41) is 4.86. The van der Waals surface area contributed by atoms with E-state index < -0.39 is 0 Å². The maximum absolute atomic E-state index is 6.34. The van der Waals surface area contributed by atoms with Gasteiger partial charge >= 0.3 is 0 Å². The summed E-state index contributed by atoms with van der Waals surface area (Å²) in [6, 6.07) is 7.64. The van der Waals surface area contributed by atoms with Crippen LogP contribution in [0.15, 0.2) is 30.5 Å². The number of hydrogen-bond acceptors (Lipinski definition) is 6. The minimum absolute atomic E-state index is 0.460. The molecule has 0 amide bonds. The van der Waals surface area contributed by atoms with E-state index in [1.807, 2.05) is 12.1 Å². The summed E-state index contributed by atoms with van der Waals surface area (Å²) >= 11 is 13.7. The largest absolute Gasteiger partial charge is 0.375 e. The van der Waals surface area contributed by atoms with E-state index in [1.165, 1.54) is 11.3 Å². The Balaban J connectivity index is 1.78. The van der Waals surface area contributed by atoms with Gasteiger partial charge in [-0.3, -0.25) is 0 Å². The van der Waals surface area contributed by atoms with Crippen LogP contribution in [-0.2, 0) is 0 Å². The number of nitrogen functional groups attached to an aromatic ring is 1. The summed E-state index contributed by atoms with van der Waals surface area (Å²) in [6.45, 7) is 0. The van der Waals surface area contributed by atoms with Crippen molar-refractivity contribution in [1.82, 2.24) is 15.0 Å². The fourth-order valence-electron chi connectivity index (χ4n) is 2.34. The molecule has 0 unspecified atom stereocenters. The third-order valence-electron chi connectivity index (χ3n) is 3.63. The predicted octanol–water partition coefficient (Wildman–Crippen LogP) is 4.73. The van der Waals surface area contributed by atoms with Gasteiger partial charge in [-0.2, -0.15) is 0 Å². The van der Waals surface area contributed by atoms with Crippen molar-refractivity contribution in [3.8, 4) is 21.8 Å². The van der Waals surface area contributed by atoms with Crippen LogP contribution in [-0.4, -0.2) is 21.0 Å². The zero-order valence-electron chi connectivity index (χ0n) is 12.5. The van der Waals surface area contributed by atoms with Gasteiger partial charge in [-0.05, 0) is 37.1 Å². The lowest BCUT2D eigenvalue weighted by molar-refractivity contribution is 1.06. The second kappa shape index (κ2) is 6.20. The lowest BCUT2D eigenvalue weighted by Crippen LogP contribution is -2.05. The first-order valence-corrected chi connectivity index (χ1v) is 8.99. The summed E-state index contributed by atoms with van der Waals surface area (Å²) in [6.07, 6.45) is 4.05. The van der Waals surface area contributed by atoms with Crippen molar-refractivity contribution >= 4 is 45.6 Å². The highest BCUT2D eigenvalue weighted by atomic mass is 35.5. The van der Waals surface area contributed by atoms with Crippen LogP contribution >= 0.6 is 34.5 Å². The van der Waals surface area contributed by atoms with Gasteiger partial charge in [-0.25, -0.2) is 15.0 Å². The number of nitrogens with two attached hydrogens (primary N) is 1. The van der Waals surface area contributed by atoms with Crippen LogP contribution in [0.25, 0.3) is 21.8 Å². The molecule has 5 nitrogen and oxygen atoms in total. The number of nitrogens with zero attached hydrogens (tertiary/aromatic N) is 3. The molecule has 0 radical (unpaired) electrons. The molecule has 0 atom stereocenters. The maximum atomic E-state index is 6.34. The number of thiazole rings is 1. The molecule has 3 N–H and O–H groups in total. The van der Waals surface area contributed by atoms with E-state index in [0.717, 1.165) is 29.0 Å². The number of hydrogen-bond donors (Lipinski definition) is 2. The summed E-state index contributed by atoms with van der Waals surface area (Å²) in [4.78, 5) is 14.2. The molecule has 8 heteroatoms. The Hall–Kier alpha value is -1.89. The normalized spacial score (nSPS) is 13.9. The molecule has 1 aliphatic carbocycles. The SMILES string of the molecule is Nc1nc(-c2ccc(Cl)cc2Cl)c(-c2ccnc(NC3CC3)n2)s1. The first-order chi connectivity index (χ1) is 11.6. The van der Waals surface area contributed by atoms with Gasteiger partial charge in [0.25, 0.3) is 0 Å². The number of rotatable bonds is 4. The minimum atomic E-state index is 0.460. The van der Waals surface area contributed by atoms with E-state index in [9.17, 15) is 0 Å². The smallest absolute Gasteiger partial charge is 0.223 e. The zero-order valence-corrected chi connectivity index (χ0v) is 14.8. The van der Waals surface area contributed by atoms with Crippen molar-refractivity contribution in [3.63, 3.8) is 0 Å². The van der Waals surface area contributed by atoms with Crippen LogP contribution in [0.1, 0.15) is 12.8 Å². The Morgan fingerprint density at radius 1 is 1.17 bits per heavy atom. The van der Waals surface area contributed by atoms with Crippen LogP contribution in [0.5, 0.6) is 0 Å². The van der Waals surface area contributed by atoms with Crippen molar-refractivity contribution in [2.45, 2.75) is 18.9 Å². The highest BCUT2D eigenvalue weighted by Gasteiger charge is 2.23. The van der Waals surface area contributed by atoms with Crippen molar-refractivity contribution in [2.75, 3.05) is 11.1 Å². The summed E-state index contributed by atoms with van der Waals surface area (Å²) < 4.78 is 0. The number of nitrogens with one attached hydrogen (secondary N) is 1. The molecule has 2 heterocycles. The van der Waals surface area contributed by atoms with Gasteiger partial charge in [0, 0.05) is 22.8 Å². The Bertz CT molecular complexity index is 907. The topological polar surface area (TPSA) is 76.7 Å². The van der Waals surface area contributed by atoms with E-state index in [4.69, 9.17) is 28.9 Å². The van der Waals surface area contributed by atoms with Crippen molar-refractivity contribution in [1.29, 1.82) is 0 Å². The Morgan fingerprint density at radius 3 is 2.75 bits per heavy atom. The first-order valence-electron chi connectivity index (χ1n) is 7.42. The van der Waals surface area contributed by atoms with Crippen LogP contribution in [0.3, 0.4) is 0 Å². The summed E-state index contributed by atoms with van der Waals surface area (Å²) in [5.41, 5.74) is 8.19. The number of anilines is 2. The van der Waals surface area contributed by atoms with Crippen LogP contribution in [0.2, 0.25) is 10.0 Å². The van der Waals surface area contributed by atoms with Gasteiger partial charge in [-0.1, -0.05) is 34.5 Å². The average Bonchev–Trinajstić information content (AvgIpc) is 3.27. The highest BCUT2D eigenvalue weighted by Crippen LogP contribution is 2.40. The number of benzene rings is 1. The molecular weight excluding hydrogens is 365 g/mol. The molecule has 4 rings (SSSR count). The molecule has 0 aliphatic heterocycles. The molecule has 1 saturated carbocycles. The van der Waals surface area contributed by atoms with E-state index in [-0.39, 0.29) is 0 Å². The molecule has 0 bridgehead atoms. The fourth-order valence-corrected chi connectivity index (χ4v) is 3.65. The molecule has 3 aromatic rings. The molecule has 122 valence electrons. The van der Waals surface area contributed by atoms with Gasteiger partial charge in [0.15, 0.2) is 5.13 Å². The average molecular weight is 378 g/mol. The fraction of sp³-hybridized carbons (Fsp3) is 0.188. The van der Waals surface area contributed by atoms with Gasteiger partial charge < -0.3 is 11.1 Å². The molecule has 1 fully saturated rings. The lowest BCUT2D eigenvalue weighted by atomic mass is 10.1. The molecule has 1 aliphatic rings. The third kappa shape index (κ3) is 3.17. The summed E-state index contributed by atoms with van der Waals surface area (Å²) in [5.74, 6) is 0.620. The second-order valence-electron chi connectivity index (χ2n) is 5.54. The zero-order chi connectivity index (χ0) is 16.7. The molecule has 2 aromatic heterocycles. The Labute approximate surface area is 152 Å². The van der Waals surface area contributed by atoms with E-state index in [2.05, 4.69) is 20.3 Å². The number of aromatic nitrogens is 3. The van der Waals surface area contributed by atoms with Crippen molar-refractivity contribution in [2.24, 2.45) is 0 Å². The standard InChI is InChI=1S/C16H13Cl2N5S/c17-8-1-4-10(11(18)7-8)13-14(24-15(19)23-13)12-5-6-20-16(22-12)21-9-2-3-9/h1,4-7,9H,2-3H2,(H2,19,23)(H,20,21,22). The van der Waals surface area contributed by atoms with E-state index in [1.54, 1.807) is 18.3 Å². The quantitative estimate of drug-likeness (QED) is 0.686. The number of halogens is 2. The van der Waals surface area contributed by atoms with Crippen LogP contribution in [0, 0.1) is 0 Å². The molecule has 24 heavy (non-hydrogen) atoms. The highest BCUT2D eigenvalue weighted by molar-refractivity contribution is 7.19. The van der Waals surface area contributed by atoms with Crippen molar-refractivity contribution in [3.05, 3.63) is 40.5 Å². The Morgan fingerprint density at radius 2 is 2.00 bits per heavy atom. The van der Waals surface area contributed by atoms with E-state index in [0.29, 0.717) is 32.9 Å². The Kier molecular flexibility index (Phi) is 4.04. The monoisotopic (exact) mass is 377 g/mol. The lowest BCUT2D eigenvalue weighted by Gasteiger charge is -2.07. The van der Waals surface area contributed by atoms with Gasteiger partial charge in [0.05, 0.1) is 21.3 Å². The predicted molar refractivity (Wildman–Crippen MR) is 99.7 cm³/mol. The van der Waals surface area contributed by atoms with Crippen molar-refractivity contribution < 1.29 is 0 Å². The molecule has 1 aromatic carbocycles. The summed E-state index contributed by atoms with van der Waals surface area (Å²) in [7, 11) is 0. The van der Waals surface area contributed by atoms with E-state index >= 15 is 0 Å². The van der Waals surface area contributed by atoms with Gasteiger partial charge in [-0.15, -0.1) is 0 Å². The molecule has 0 saturated heterocycles. The first kappa shape index (κ1) is 15.6. The minimum Gasteiger partial charge on any atom is -0.375 e. The van der Waals surface area contributed by atoms with Gasteiger partial charge in [0.2, 0.25) is 5.95 Å². The van der Waals surface area contributed by atoms with Gasteiger partial charge in [0.1, 0.15) is 0 Å². The van der Waals surface area contributed by atoms with Crippen LogP contribution < -0.4 is 11.1 Å². The molecular formula is C16H13Cl2N5S. The van der Waals surface area contributed by atoms with Crippen LogP contribution in [0.4, 0.5) is 11.1 Å². The maximum Gasteiger partial charge on any atom is 0.223 e. The molecule has 0 spiro atoms.